The van der Waals surface area contributed by atoms with Gasteiger partial charge in [-0.2, -0.15) is 0 Å². The van der Waals surface area contributed by atoms with Crippen LogP contribution in [0.5, 0.6) is 0 Å². The second kappa shape index (κ2) is 8.46. The maximum atomic E-state index is 12.9. The predicted molar refractivity (Wildman–Crippen MR) is 104 cm³/mol. The first-order valence-corrected chi connectivity index (χ1v) is 9.45. The van der Waals surface area contributed by atoms with Crippen molar-refractivity contribution >= 4 is 34.5 Å². The summed E-state index contributed by atoms with van der Waals surface area (Å²) in [6.07, 6.45) is -0.400. The van der Waals surface area contributed by atoms with Crippen molar-refractivity contribution < 1.29 is 28.3 Å². The molecule has 0 N–H and O–H groups in total. The molecule has 1 saturated heterocycles. The van der Waals surface area contributed by atoms with Crippen LogP contribution in [0.1, 0.15) is 33.1 Å². The Bertz CT molecular complexity index is 994. The van der Waals surface area contributed by atoms with Crippen LogP contribution in [0, 0.1) is 5.92 Å². The van der Waals surface area contributed by atoms with Gasteiger partial charge in [0.05, 0.1) is 12.8 Å². The molecule has 154 valence electrons. The van der Waals surface area contributed by atoms with Crippen LogP contribution in [0.15, 0.2) is 39.5 Å². The van der Waals surface area contributed by atoms with Crippen molar-refractivity contribution in [2.24, 2.45) is 5.92 Å². The topological polar surface area (TPSA) is 103 Å². The van der Waals surface area contributed by atoms with Gasteiger partial charge in [0.25, 0.3) is 0 Å². The average molecular weight is 401 g/mol. The lowest BCUT2D eigenvalue weighted by molar-refractivity contribution is -0.167. The summed E-state index contributed by atoms with van der Waals surface area (Å²) in [5.41, 5.74) is -0.0217. The Kier molecular flexibility index (Phi) is 6.00. The van der Waals surface area contributed by atoms with Gasteiger partial charge >= 0.3 is 17.6 Å². The fraction of sp³-hybridized carbons (Fsp3) is 0.429. The zero-order chi connectivity index (χ0) is 21.1. The molecule has 29 heavy (non-hydrogen) atoms. The van der Waals surface area contributed by atoms with Crippen molar-refractivity contribution in [1.29, 1.82) is 0 Å². The van der Waals surface area contributed by atoms with Gasteiger partial charge in [-0.25, -0.2) is 14.4 Å². The van der Waals surface area contributed by atoms with E-state index in [1.165, 1.54) is 18.1 Å². The Labute approximate surface area is 167 Å². The number of methoxy groups -OCH3 is 1. The molecule has 8 heteroatoms. The lowest BCUT2D eigenvalue weighted by atomic mass is 10.1. The Morgan fingerprint density at radius 3 is 2.66 bits per heavy atom. The van der Waals surface area contributed by atoms with Crippen LogP contribution in [0.2, 0.25) is 0 Å². The number of hydrogen-bond acceptors (Lipinski definition) is 7. The number of carbonyl (C=O) groups excluding carboxylic acids is 3. The zero-order valence-corrected chi connectivity index (χ0v) is 16.5. The molecule has 2 atom stereocenters. The third kappa shape index (κ3) is 4.31. The van der Waals surface area contributed by atoms with Crippen molar-refractivity contribution in [3.05, 3.63) is 40.8 Å². The Hall–Kier alpha value is -3.16. The van der Waals surface area contributed by atoms with Crippen molar-refractivity contribution in [3.8, 4) is 0 Å². The van der Waals surface area contributed by atoms with Gasteiger partial charge in [-0.3, -0.25) is 9.69 Å². The Balaban J connectivity index is 1.94. The molecule has 0 radical (unpaired) electrons. The second-order valence-corrected chi connectivity index (χ2v) is 7.34. The quantitative estimate of drug-likeness (QED) is 0.541. The normalized spacial score (nSPS) is 17.6. The number of nitrogens with zero attached hydrogens (tertiary/aromatic N) is 1. The van der Waals surface area contributed by atoms with Crippen molar-refractivity contribution in [3.63, 3.8) is 0 Å². The lowest BCUT2D eigenvalue weighted by Gasteiger charge is -2.26. The minimum Gasteiger partial charge on any atom is -0.466 e. The molecule has 1 amide bonds. The number of fused-ring (bicyclic) bond motifs is 1. The molecule has 1 aliphatic heterocycles. The fourth-order valence-corrected chi connectivity index (χ4v) is 3.47. The monoisotopic (exact) mass is 401 g/mol. The van der Waals surface area contributed by atoms with Gasteiger partial charge in [-0.1, -0.05) is 26.0 Å². The largest absolute Gasteiger partial charge is 0.466 e. The molecule has 1 aromatic heterocycles. The summed E-state index contributed by atoms with van der Waals surface area (Å²) in [7, 11) is 1.23. The van der Waals surface area contributed by atoms with E-state index in [9.17, 15) is 19.2 Å². The smallest absolute Gasteiger partial charge is 0.347 e. The van der Waals surface area contributed by atoms with Crippen LogP contribution < -0.4 is 10.5 Å². The first-order valence-electron chi connectivity index (χ1n) is 9.45. The van der Waals surface area contributed by atoms with E-state index in [0.29, 0.717) is 23.1 Å². The summed E-state index contributed by atoms with van der Waals surface area (Å²) in [6, 6.07) is 7.03. The molecule has 1 aromatic carbocycles. The highest BCUT2D eigenvalue weighted by Crippen LogP contribution is 2.32. The van der Waals surface area contributed by atoms with Crippen LogP contribution >= 0.6 is 0 Å². The van der Waals surface area contributed by atoms with E-state index in [-0.39, 0.29) is 24.7 Å². The van der Waals surface area contributed by atoms with E-state index in [1.807, 2.05) is 13.8 Å². The van der Waals surface area contributed by atoms with Crippen LogP contribution in [-0.2, 0) is 23.9 Å². The number of hydrogen-bond donors (Lipinski definition) is 0. The molecular formula is C21H23NO7. The van der Waals surface area contributed by atoms with E-state index >= 15 is 0 Å². The van der Waals surface area contributed by atoms with Crippen LogP contribution in [-0.4, -0.2) is 37.1 Å². The van der Waals surface area contributed by atoms with E-state index < -0.39 is 29.7 Å². The van der Waals surface area contributed by atoms with Crippen molar-refractivity contribution in [1.82, 2.24) is 0 Å². The number of carbonyl (C=O) groups is 3. The second-order valence-electron chi connectivity index (χ2n) is 7.34. The fourth-order valence-electron chi connectivity index (χ4n) is 3.47. The summed E-state index contributed by atoms with van der Waals surface area (Å²) in [6.45, 7) is 3.79. The summed E-state index contributed by atoms with van der Waals surface area (Å²) < 4.78 is 15.3. The van der Waals surface area contributed by atoms with Crippen LogP contribution in [0.4, 0.5) is 5.69 Å². The van der Waals surface area contributed by atoms with Gasteiger partial charge < -0.3 is 13.9 Å². The average Bonchev–Trinajstić information content (AvgIpc) is 3.07. The van der Waals surface area contributed by atoms with Gasteiger partial charge in [0.1, 0.15) is 11.6 Å². The summed E-state index contributed by atoms with van der Waals surface area (Å²) in [4.78, 5) is 50.7. The number of ether oxygens (including phenoxy) is 2. The minimum absolute atomic E-state index is 0.0934. The molecule has 3 rings (SSSR count). The van der Waals surface area contributed by atoms with Crippen LogP contribution in [0.3, 0.4) is 0 Å². The minimum atomic E-state index is -1.05. The summed E-state index contributed by atoms with van der Waals surface area (Å²) in [5.74, 6) is -1.56. The first-order chi connectivity index (χ1) is 13.8. The van der Waals surface area contributed by atoms with E-state index in [2.05, 4.69) is 0 Å². The van der Waals surface area contributed by atoms with Gasteiger partial charge in [0.2, 0.25) is 5.91 Å². The van der Waals surface area contributed by atoms with Gasteiger partial charge in [0, 0.05) is 17.9 Å². The number of amides is 1. The molecule has 0 spiro atoms. The van der Waals surface area contributed by atoms with E-state index in [0.717, 1.165) is 0 Å². The first kappa shape index (κ1) is 20.6. The zero-order valence-electron chi connectivity index (χ0n) is 16.5. The maximum absolute atomic E-state index is 12.9. The molecule has 0 unspecified atom stereocenters. The maximum Gasteiger partial charge on any atom is 0.347 e. The number of anilines is 1. The summed E-state index contributed by atoms with van der Waals surface area (Å²) >= 11 is 0. The molecule has 0 aliphatic carbocycles. The third-order valence-corrected chi connectivity index (χ3v) is 4.78. The van der Waals surface area contributed by atoms with E-state index in [1.54, 1.807) is 24.3 Å². The van der Waals surface area contributed by atoms with Crippen molar-refractivity contribution in [2.45, 2.75) is 45.3 Å². The van der Waals surface area contributed by atoms with Gasteiger partial charge in [-0.15, -0.1) is 0 Å². The molecule has 0 saturated carbocycles. The molecule has 1 aliphatic rings. The summed E-state index contributed by atoms with van der Waals surface area (Å²) in [5, 5.41) is 0.534. The molecule has 2 aromatic rings. The number of para-hydroxylation sites is 1. The third-order valence-electron chi connectivity index (χ3n) is 4.78. The standard InChI is InChI=1S/C21H23NO7/c1-12(2)10-17(21(26)27-3)29-20(25)14-8-9-18(23)22(14)15-11-19(24)28-16-7-5-4-6-13(15)16/h4-7,11-12,14,17H,8-10H2,1-3H3/t14-,17+/m0/s1. The molecule has 0 bridgehead atoms. The molecule has 1 fully saturated rings. The number of benzene rings is 1. The van der Waals surface area contributed by atoms with Gasteiger partial charge in [0.15, 0.2) is 6.10 Å². The SMILES string of the molecule is COC(=O)[C@@H](CC(C)C)OC(=O)[C@@H]1CCC(=O)N1c1cc(=O)oc2ccccc12. The molecule has 8 nitrogen and oxygen atoms in total. The molecular weight excluding hydrogens is 378 g/mol. The van der Waals surface area contributed by atoms with Crippen LogP contribution in [0.25, 0.3) is 11.0 Å². The van der Waals surface area contributed by atoms with Crippen molar-refractivity contribution in [2.75, 3.05) is 12.0 Å². The molecule has 2 heterocycles. The highest BCUT2D eigenvalue weighted by atomic mass is 16.6. The highest BCUT2D eigenvalue weighted by Gasteiger charge is 2.41. The lowest BCUT2D eigenvalue weighted by Crippen LogP contribution is -2.43. The highest BCUT2D eigenvalue weighted by molar-refractivity contribution is 6.08. The predicted octanol–water partition coefficient (Wildman–Crippen LogP) is 2.42. The Morgan fingerprint density at radius 2 is 1.97 bits per heavy atom. The number of esters is 2. The van der Waals surface area contributed by atoms with Gasteiger partial charge in [-0.05, 0) is 30.9 Å². The number of rotatable bonds is 6. The van der Waals surface area contributed by atoms with E-state index in [4.69, 9.17) is 13.9 Å². The Morgan fingerprint density at radius 1 is 1.24 bits per heavy atom.